The molecule has 0 unspecified atom stereocenters. The number of nitrogens with zero attached hydrogens (tertiary/aromatic N) is 3. The first kappa shape index (κ1) is 17.6. The Hall–Kier alpha value is -1.85. The molecular formula is C21H23N3S2. The molecule has 0 saturated carbocycles. The van der Waals surface area contributed by atoms with Crippen molar-refractivity contribution in [3.63, 3.8) is 0 Å². The maximum atomic E-state index is 4.56. The van der Waals surface area contributed by atoms with Crippen LogP contribution in [0.15, 0.2) is 29.3 Å². The van der Waals surface area contributed by atoms with Crippen molar-refractivity contribution in [2.24, 2.45) is 0 Å². The van der Waals surface area contributed by atoms with Crippen LogP contribution in [0, 0.1) is 27.7 Å². The van der Waals surface area contributed by atoms with Crippen LogP contribution < -0.4 is 0 Å². The van der Waals surface area contributed by atoms with Gasteiger partial charge in [0.05, 0.1) is 15.7 Å². The molecule has 26 heavy (non-hydrogen) atoms. The van der Waals surface area contributed by atoms with E-state index < -0.39 is 0 Å². The summed E-state index contributed by atoms with van der Waals surface area (Å²) in [5.74, 6) is 1.95. The molecule has 0 fully saturated rings. The zero-order chi connectivity index (χ0) is 18.4. The molecule has 0 aliphatic rings. The number of benzene rings is 1. The first-order chi connectivity index (χ1) is 12.5. The molecule has 4 rings (SSSR count). The zero-order valence-corrected chi connectivity index (χ0v) is 17.5. The van der Waals surface area contributed by atoms with Gasteiger partial charge < -0.3 is 0 Å². The fourth-order valence-corrected chi connectivity index (χ4v) is 5.74. The second-order valence-corrected chi connectivity index (χ2v) is 9.16. The maximum absolute atomic E-state index is 4.56. The average Bonchev–Trinajstić information content (AvgIpc) is 3.10. The first-order valence-electron chi connectivity index (χ1n) is 8.94. The smallest absolute Gasteiger partial charge is 0.143 e. The van der Waals surface area contributed by atoms with Crippen molar-refractivity contribution in [1.29, 1.82) is 0 Å². The molecule has 0 amide bonds. The molecule has 134 valence electrons. The largest absolute Gasteiger partial charge is 0.293 e. The predicted molar refractivity (Wildman–Crippen MR) is 113 cm³/mol. The van der Waals surface area contributed by atoms with E-state index in [-0.39, 0.29) is 0 Å². The van der Waals surface area contributed by atoms with E-state index in [0.29, 0.717) is 0 Å². The molecule has 3 aromatic heterocycles. The normalized spacial score (nSPS) is 11.7. The van der Waals surface area contributed by atoms with Gasteiger partial charge in [0.2, 0.25) is 0 Å². The van der Waals surface area contributed by atoms with E-state index in [4.69, 9.17) is 0 Å². The van der Waals surface area contributed by atoms with E-state index >= 15 is 0 Å². The highest BCUT2D eigenvalue weighted by atomic mass is 32.2. The Bertz CT molecular complexity index is 1100. The topological polar surface area (TPSA) is 30.2 Å². The van der Waals surface area contributed by atoms with Crippen LogP contribution in [0.3, 0.4) is 0 Å². The van der Waals surface area contributed by atoms with Gasteiger partial charge in [0.1, 0.15) is 10.9 Å². The first-order valence-corrected chi connectivity index (χ1v) is 10.7. The Morgan fingerprint density at radius 1 is 0.962 bits per heavy atom. The monoisotopic (exact) mass is 381 g/mol. The Kier molecular flexibility index (Phi) is 4.53. The van der Waals surface area contributed by atoms with E-state index in [0.717, 1.165) is 23.0 Å². The summed E-state index contributed by atoms with van der Waals surface area (Å²) in [4.78, 5) is 1.34. The number of aromatic nitrogens is 3. The summed E-state index contributed by atoms with van der Waals surface area (Å²) in [6, 6.07) is 9.06. The highest BCUT2D eigenvalue weighted by Crippen LogP contribution is 2.34. The fraction of sp³-hybridized carbons (Fsp3) is 0.333. The maximum Gasteiger partial charge on any atom is 0.143 e. The number of aryl methyl sites for hydroxylation is 5. The van der Waals surface area contributed by atoms with Gasteiger partial charge in [0.25, 0.3) is 0 Å². The van der Waals surface area contributed by atoms with Crippen LogP contribution >= 0.6 is 23.1 Å². The van der Waals surface area contributed by atoms with E-state index in [1.807, 2.05) is 11.3 Å². The summed E-state index contributed by atoms with van der Waals surface area (Å²) < 4.78 is 3.61. The summed E-state index contributed by atoms with van der Waals surface area (Å²) in [5.41, 5.74) is 7.89. The van der Waals surface area contributed by atoms with Gasteiger partial charge in [0.15, 0.2) is 0 Å². The lowest BCUT2D eigenvalue weighted by Gasteiger charge is -2.12. The standard InChI is InChI=1S/C21H23N3S2/c1-6-20-22-23-21(18-10-19-17(24(18)20)9-15(5)26-19)25-11-16-13(3)7-12(2)8-14(16)4/h7-10H,6,11H2,1-5H3. The molecular weight excluding hydrogens is 358 g/mol. The molecule has 0 radical (unpaired) electrons. The highest BCUT2D eigenvalue weighted by molar-refractivity contribution is 7.98. The van der Waals surface area contributed by atoms with Crippen LogP contribution in [0.25, 0.3) is 15.7 Å². The molecule has 0 bridgehead atoms. The van der Waals surface area contributed by atoms with Crippen molar-refractivity contribution in [3.8, 4) is 0 Å². The van der Waals surface area contributed by atoms with Gasteiger partial charge in [-0.3, -0.25) is 4.40 Å². The van der Waals surface area contributed by atoms with Crippen molar-refractivity contribution < 1.29 is 0 Å². The molecule has 5 heteroatoms. The van der Waals surface area contributed by atoms with Crippen molar-refractivity contribution in [3.05, 3.63) is 57.2 Å². The predicted octanol–water partition coefficient (Wildman–Crippen LogP) is 6.03. The van der Waals surface area contributed by atoms with Crippen LogP contribution in [0.5, 0.6) is 0 Å². The van der Waals surface area contributed by atoms with Crippen molar-refractivity contribution in [2.75, 3.05) is 0 Å². The number of hydrogen-bond donors (Lipinski definition) is 0. The Balaban J connectivity index is 1.77. The Morgan fingerprint density at radius 3 is 2.38 bits per heavy atom. The lowest BCUT2D eigenvalue weighted by Crippen LogP contribution is -2.03. The molecule has 0 aliphatic heterocycles. The molecule has 1 aromatic carbocycles. The summed E-state index contributed by atoms with van der Waals surface area (Å²) in [6.45, 7) is 10.9. The second kappa shape index (κ2) is 6.71. The summed E-state index contributed by atoms with van der Waals surface area (Å²) in [5, 5.41) is 10.1. The number of hydrogen-bond acceptors (Lipinski definition) is 4. The number of thiophene rings is 1. The number of rotatable bonds is 4. The Labute approximate surface area is 162 Å². The quantitative estimate of drug-likeness (QED) is 0.404. The summed E-state index contributed by atoms with van der Waals surface area (Å²) in [7, 11) is 0. The minimum atomic E-state index is 0.878. The molecule has 0 atom stereocenters. The third kappa shape index (κ3) is 2.93. The molecule has 3 nitrogen and oxygen atoms in total. The van der Waals surface area contributed by atoms with Crippen LogP contribution in [0.2, 0.25) is 0 Å². The number of fused-ring (bicyclic) bond motifs is 3. The van der Waals surface area contributed by atoms with E-state index in [1.165, 1.54) is 42.9 Å². The molecule has 0 N–H and O–H groups in total. The SMILES string of the molecule is CCc1nnc(SCc2c(C)cc(C)cc2C)c2cc3sc(C)cc3n12. The van der Waals surface area contributed by atoms with Crippen molar-refractivity contribution in [1.82, 2.24) is 14.6 Å². The fourth-order valence-electron chi connectivity index (χ4n) is 3.66. The third-order valence-electron chi connectivity index (χ3n) is 4.86. The van der Waals surface area contributed by atoms with Crippen LogP contribution in [0.1, 0.15) is 39.9 Å². The minimum Gasteiger partial charge on any atom is -0.293 e. The van der Waals surface area contributed by atoms with Crippen molar-refractivity contribution in [2.45, 2.75) is 51.8 Å². The van der Waals surface area contributed by atoms with Gasteiger partial charge >= 0.3 is 0 Å². The van der Waals surface area contributed by atoms with Gasteiger partial charge in [-0.2, -0.15) is 0 Å². The lowest BCUT2D eigenvalue weighted by atomic mass is 10.0. The van der Waals surface area contributed by atoms with Gasteiger partial charge in [-0.25, -0.2) is 0 Å². The highest BCUT2D eigenvalue weighted by Gasteiger charge is 2.15. The van der Waals surface area contributed by atoms with Crippen LogP contribution in [-0.2, 0) is 12.2 Å². The zero-order valence-electron chi connectivity index (χ0n) is 15.9. The summed E-state index contributed by atoms with van der Waals surface area (Å²) in [6.07, 6.45) is 0.878. The van der Waals surface area contributed by atoms with Crippen LogP contribution in [-0.4, -0.2) is 14.6 Å². The molecule has 0 saturated heterocycles. The van der Waals surface area contributed by atoms with Crippen LogP contribution in [0.4, 0.5) is 0 Å². The molecule has 0 spiro atoms. The number of thioether (sulfide) groups is 1. The van der Waals surface area contributed by atoms with Gasteiger partial charge in [0, 0.05) is 17.1 Å². The third-order valence-corrected chi connectivity index (χ3v) is 6.84. The molecule has 3 heterocycles. The van der Waals surface area contributed by atoms with E-state index in [1.54, 1.807) is 11.8 Å². The molecule has 4 aromatic rings. The van der Waals surface area contributed by atoms with Crippen molar-refractivity contribution >= 4 is 38.8 Å². The average molecular weight is 382 g/mol. The van der Waals surface area contributed by atoms with Gasteiger partial charge in [-0.1, -0.05) is 36.4 Å². The molecule has 0 aliphatic carbocycles. The second-order valence-electron chi connectivity index (χ2n) is 6.91. The minimum absolute atomic E-state index is 0.878. The Morgan fingerprint density at radius 2 is 1.69 bits per heavy atom. The van der Waals surface area contributed by atoms with Gasteiger partial charge in [-0.05, 0) is 56.5 Å². The lowest BCUT2D eigenvalue weighted by molar-refractivity contribution is 0.793. The van der Waals surface area contributed by atoms with E-state index in [2.05, 4.69) is 73.5 Å². The van der Waals surface area contributed by atoms with Gasteiger partial charge in [-0.15, -0.1) is 21.5 Å². The summed E-state index contributed by atoms with van der Waals surface area (Å²) >= 11 is 3.63. The van der Waals surface area contributed by atoms with E-state index in [9.17, 15) is 0 Å².